The molecule has 1 N–H and O–H groups in total. The number of ether oxygens (including phenoxy) is 1. The van der Waals surface area contributed by atoms with Crippen LogP contribution in [-0.2, 0) is 4.79 Å². The summed E-state index contributed by atoms with van der Waals surface area (Å²) in [6.07, 6.45) is 0. The van der Waals surface area contributed by atoms with E-state index < -0.39 is 17.1 Å². The lowest BCUT2D eigenvalue weighted by Crippen LogP contribution is -2.30. The van der Waals surface area contributed by atoms with Crippen LogP contribution < -0.4 is 10.1 Å². The molecule has 2 aromatic rings. The number of nitrogens with one attached hydrogen (secondary N) is 1. The Morgan fingerprint density at radius 1 is 1.13 bits per heavy atom. The number of benzene rings is 2. The van der Waals surface area contributed by atoms with E-state index in [1.807, 2.05) is 13.0 Å². The maximum absolute atomic E-state index is 12.3. The van der Waals surface area contributed by atoms with Gasteiger partial charge in [-0.15, -0.1) is 11.6 Å². The van der Waals surface area contributed by atoms with Crippen LogP contribution in [0, 0.1) is 6.92 Å². The summed E-state index contributed by atoms with van der Waals surface area (Å²) in [5, 5.41) is 1.61. The number of ketones is 1. The maximum atomic E-state index is 12.3. The van der Waals surface area contributed by atoms with Crippen molar-refractivity contribution < 1.29 is 14.3 Å². The van der Waals surface area contributed by atoms with Crippen LogP contribution >= 0.6 is 23.2 Å². The number of methoxy groups -OCH3 is 1. The Kier molecular flexibility index (Phi) is 5.64. The third-order valence-corrected chi connectivity index (χ3v) is 3.94. The number of halogens is 2. The Morgan fingerprint density at radius 2 is 1.78 bits per heavy atom. The number of rotatable bonds is 5. The first-order valence-corrected chi connectivity index (χ1v) is 7.63. The molecule has 0 aromatic heterocycles. The number of amides is 1. The van der Waals surface area contributed by atoms with E-state index in [2.05, 4.69) is 5.32 Å². The molecule has 1 atom stereocenters. The average Bonchev–Trinajstić information content (AvgIpc) is 2.56. The molecule has 0 spiro atoms. The van der Waals surface area contributed by atoms with Gasteiger partial charge in [0.15, 0.2) is 11.2 Å². The van der Waals surface area contributed by atoms with E-state index in [1.54, 1.807) is 36.4 Å². The summed E-state index contributed by atoms with van der Waals surface area (Å²) in [5.74, 6) is -0.501. The standard InChI is InChI=1S/C17H15Cl2NO3/c1-10-3-8-13(18)14(9-10)20-17(22)15(19)16(21)11-4-6-12(23-2)7-5-11/h3-9,15H,1-2H3,(H,20,22). The number of Topliss-reactive ketones (excluding diaryl/α,β-unsaturated/α-hetero) is 1. The molecule has 0 saturated carbocycles. The summed E-state index contributed by atoms with van der Waals surface area (Å²) in [7, 11) is 1.53. The number of hydrogen-bond acceptors (Lipinski definition) is 3. The van der Waals surface area contributed by atoms with Gasteiger partial charge in [0.05, 0.1) is 17.8 Å². The van der Waals surface area contributed by atoms with Crippen LogP contribution in [0.25, 0.3) is 0 Å². The molecule has 2 aromatic carbocycles. The molecule has 0 aliphatic rings. The van der Waals surface area contributed by atoms with E-state index in [0.29, 0.717) is 22.0 Å². The number of hydrogen-bond donors (Lipinski definition) is 1. The molecule has 23 heavy (non-hydrogen) atoms. The van der Waals surface area contributed by atoms with Crippen LogP contribution in [0.5, 0.6) is 5.75 Å². The first kappa shape index (κ1) is 17.3. The number of carbonyl (C=O) groups is 2. The molecular formula is C17H15Cl2NO3. The van der Waals surface area contributed by atoms with Gasteiger partial charge in [0.25, 0.3) is 0 Å². The van der Waals surface area contributed by atoms with Gasteiger partial charge in [0.2, 0.25) is 5.91 Å². The molecule has 1 amide bonds. The van der Waals surface area contributed by atoms with Crippen LogP contribution in [0.15, 0.2) is 42.5 Å². The maximum Gasteiger partial charge on any atom is 0.250 e. The van der Waals surface area contributed by atoms with E-state index in [1.165, 1.54) is 7.11 Å². The Balaban J connectivity index is 2.11. The van der Waals surface area contributed by atoms with Crippen molar-refractivity contribution in [1.82, 2.24) is 0 Å². The Morgan fingerprint density at radius 3 is 2.39 bits per heavy atom. The topological polar surface area (TPSA) is 55.4 Å². The van der Waals surface area contributed by atoms with Crippen molar-refractivity contribution in [2.24, 2.45) is 0 Å². The summed E-state index contributed by atoms with van der Waals surface area (Å²) in [6.45, 7) is 1.87. The molecule has 4 nitrogen and oxygen atoms in total. The van der Waals surface area contributed by atoms with Gasteiger partial charge < -0.3 is 10.1 Å². The summed E-state index contributed by atoms with van der Waals surface area (Å²) in [5.41, 5.74) is 1.68. The van der Waals surface area contributed by atoms with E-state index in [0.717, 1.165) is 5.56 Å². The van der Waals surface area contributed by atoms with Crippen LogP contribution in [0.3, 0.4) is 0 Å². The molecule has 1 unspecified atom stereocenters. The fourth-order valence-electron chi connectivity index (χ4n) is 1.95. The van der Waals surface area contributed by atoms with E-state index >= 15 is 0 Å². The molecule has 0 radical (unpaired) electrons. The highest BCUT2D eigenvalue weighted by Gasteiger charge is 2.25. The summed E-state index contributed by atoms with van der Waals surface area (Å²) in [4.78, 5) is 24.4. The van der Waals surface area contributed by atoms with Gasteiger partial charge in [-0.1, -0.05) is 17.7 Å². The van der Waals surface area contributed by atoms with Crippen LogP contribution in [0.2, 0.25) is 5.02 Å². The van der Waals surface area contributed by atoms with Crippen molar-refractivity contribution in [2.75, 3.05) is 12.4 Å². The lowest BCUT2D eigenvalue weighted by atomic mass is 10.1. The molecular weight excluding hydrogens is 337 g/mol. The zero-order chi connectivity index (χ0) is 17.0. The molecule has 0 aliphatic carbocycles. The minimum absolute atomic E-state index is 0.330. The quantitative estimate of drug-likeness (QED) is 0.501. The minimum atomic E-state index is -1.35. The van der Waals surface area contributed by atoms with Gasteiger partial charge in [-0.05, 0) is 48.9 Å². The highest BCUT2D eigenvalue weighted by atomic mass is 35.5. The van der Waals surface area contributed by atoms with Crippen molar-refractivity contribution in [2.45, 2.75) is 12.3 Å². The third kappa shape index (κ3) is 4.24. The minimum Gasteiger partial charge on any atom is -0.497 e. The lowest BCUT2D eigenvalue weighted by molar-refractivity contribution is -0.115. The van der Waals surface area contributed by atoms with Crippen molar-refractivity contribution in [1.29, 1.82) is 0 Å². The second kappa shape index (κ2) is 7.49. The molecule has 120 valence electrons. The van der Waals surface area contributed by atoms with Crippen LogP contribution in [0.1, 0.15) is 15.9 Å². The van der Waals surface area contributed by atoms with Crippen LogP contribution in [0.4, 0.5) is 5.69 Å². The van der Waals surface area contributed by atoms with E-state index in [4.69, 9.17) is 27.9 Å². The fourth-order valence-corrected chi connectivity index (χ4v) is 2.30. The lowest BCUT2D eigenvalue weighted by Gasteiger charge is -2.12. The average molecular weight is 352 g/mol. The van der Waals surface area contributed by atoms with Gasteiger partial charge in [0.1, 0.15) is 5.75 Å². The zero-order valence-corrected chi connectivity index (χ0v) is 14.1. The van der Waals surface area contributed by atoms with Crippen molar-refractivity contribution in [3.05, 3.63) is 58.6 Å². The number of carbonyl (C=O) groups excluding carboxylic acids is 2. The molecule has 0 heterocycles. The van der Waals surface area contributed by atoms with E-state index in [-0.39, 0.29) is 0 Å². The molecule has 0 aliphatic heterocycles. The first-order chi connectivity index (χ1) is 10.9. The first-order valence-electron chi connectivity index (χ1n) is 6.81. The second-order valence-electron chi connectivity index (χ2n) is 4.93. The fraction of sp³-hybridized carbons (Fsp3) is 0.176. The molecule has 2 rings (SSSR count). The van der Waals surface area contributed by atoms with Gasteiger partial charge >= 0.3 is 0 Å². The highest BCUT2D eigenvalue weighted by molar-refractivity contribution is 6.45. The number of aryl methyl sites for hydroxylation is 1. The molecule has 0 bridgehead atoms. The SMILES string of the molecule is COc1ccc(C(=O)C(Cl)C(=O)Nc2cc(C)ccc2Cl)cc1. The summed E-state index contributed by atoms with van der Waals surface area (Å²) < 4.78 is 5.02. The highest BCUT2D eigenvalue weighted by Crippen LogP contribution is 2.24. The summed E-state index contributed by atoms with van der Waals surface area (Å²) in [6, 6.07) is 11.6. The molecule has 0 saturated heterocycles. The third-order valence-electron chi connectivity index (χ3n) is 3.21. The molecule has 6 heteroatoms. The smallest absolute Gasteiger partial charge is 0.250 e. The van der Waals surface area contributed by atoms with Gasteiger partial charge in [0, 0.05) is 5.56 Å². The normalized spacial score (nSPS) is 11.7. The van der Waals surface area contributed by atoms with E-state index in [9.17, 15) is 9.59 Å². The molecule has 0 fully saturated rings. The van der Waals surface area contributed by atoms with Gasteiger partial charge in [-0.2, -0.15) is 0 Å². The number of anilines is 1. The Labute approximate surface area is 144 Å². The monoisotopic (exact) mass is 351 g/mol. The predicted octanol–water partition coefficient (Wildman–Crippen LogP) is 4.09. The Bertz CT molecular complexity index is 729. The summed E-state index contributed by atoms with van der Waals surface area (Å²) >= 11 is 12.0. The Hall–Kier alpha value is -2.04. The van der Waals surface area contributed by atoms with Gasteiger partial charge in [-0.25, -0.2) is 0 Å². The predicted molar refractivity (Wildman–Crippen MR) is 91.8 cm³/mol. The van der Waals surface area contributed by atoms with Gasteiger partial charge in [-0.3, -0.25) is 9.59 Å². The van der Waals surface area contributed by atoms with Crippen molar-refractivity contribution in [3.8, 4) is 5.75 Å². The van der Waals surface area contributed by atoms with Crippen molar-refractivity contribution >= 4 is 40.6 Å². The van der Waals surface area contributed by atoms with Crippen molar-refractivity contribution in [3.63, 3.8) is 0 Å². The number of alkyl halides is 1. The second-order valence-corrected chi connectivity index (χ2v) is 5.77. The van der Waals surface area contributed by atoms with Crippen LogP contribution in [-0.4, -0.2) is 24.2 Å². The largest absolute Gasteiger partial charge is 0.497 e. The zero-order valence-electron chi connectivity index (χ0n) is 12.6.